The summed E-state index contributed by atoms with van der Waals surface area (Å²) in [6.07, 6.45) is 63.0. The van der Waals surface area contributed by atoms with Gasteiger partial charge in [0, 0.05) is 12.5 Å². The molecule has 0 atom stereocenters. The van der Waals surface area contributed by atoms with Crippen LogP contribution in [0.2, 0.25) is 0 Å². The summed E-state index contributed by atoms with van der Waals surface area (Å²) in [5.41, 5.74) is 0. The number of unbranched alkanes of at least 4 members (excludes halogenated alkanes) is 12. The zero-order valence-corrected chi connectivity index (χ0v) is 30.4. The highest BCUT2D eigenvalue weighted by Gasteiger charge is 1.95. The number of hydrogen-bond donors (Lipinski definition) is 2. The Morgan fingerprint density at radius 1 is 0.417 bits per heavy atom. The van der Waals surface area contributed by atoms with Gasteiger partial charge in [-0.1, -0.05) is 187 Å². The van der Waals surface area contributed by atoms with Gasteiger partial charge in [0.1, 0.15) is 0 Å². The first kappa shape index (κ1) is 46.5. The molecule has 0 bridgehead atoms. The number of carboxylic acids is 2. The van der Waals surface area contributed by atoms with Crippen molar-refractivity contribution in [3.05, 3.63) is 122 Å². The van der Waals surface area contributed by atoms with E-state index in [0.717, 1.165) is 70.3 Å². The molecular formula is C44H68O4. The summed E-state index contributed by atoms with van der Waals surface area (Å²) in [6, 6.07) is 0. The van der Waals surface area contributed by atoms with Crippen molar-refractivity contribution in [2.75, 3.05) is 0 Å². The predicted molar refractivity (Wildman–Crippen MR) is 210 cm³/mol. The Labute approximate surface area is 294 Å². The van der Waals surface area contributed by atoms with Crippen LogP contribution in [-0.4, -0.2) is 22.2 Å². The summed E-state index contributed by atoms with van der Waals surface area (Å²) in [5.74, 6) is -1.62. The zero-order chi connectivity index (χ0) is 35.4. The van der Waals surface area contributed by atoms with E-state index in [2.05, 4.69) is 86.8 Å². The van der Waals surface area contributed by atoms with Crippen molar-refractivity contribution in [2.45, 2.75) is 142 Å². The van der Waals surface area contributed by atoms with Gasteiger partial charge in [0.25, 0.3) is 0 Å². The molecule has 0 unspecified atom stereocenters. The molecule has 0 aliphatic carbocycles. The maximum absolute atomic E-state index is 10.3. The van der Waals surface area contributed by atoms with Crippen molar-refractivity contribution in [3.8, 4) is 0 Å². The molecule has 4 heteroatoms. The van der Waals surface area contributed by atoms with Crippen LogP contribution in [0.3, 0.4) is 0 Å². The van der Waals surface area contributed by atoms with Gasteiger partial charge in [-0.05, 0) is 64.2 Å². The second-order valence-corrected chi connectivity index (χ2v) is 11.6. The van der Waals surface area contributed by atoms with Gasteiger partial charge in [-0.25, -0.2) is 4.79 Å². The minimum absolute atomic E-state index is 0.297. The van der Waals surface area contributed by atoms with Gasteiger partial charge in [-0.15, -0.1) is 0 Å². The van der Waals surface area contributed by atoms with Crippen molar-refractivity contribution in [3.63, 3.8) is 0 Å². The average molecular weight is 661 g/mol. The van der Waals surface area contributed by atoms with Crippen LogP contribution in [0.4, 0.5) is 0 Å². The second-order valence-electron chi connectivity index (χ2n) is 11.6. The summed E-state index contributed by atoms with van der Waals surface area (Å²) in [6.45, 7) is 4.41. The molecular weight excluding hydrogens is 592 g/mol. The van der Waals surface area contributed by atoms with Crippen LogP contribution in [0, 0.1) is 0 Å². The Bertz CT molecular complexity index is 1010. The van der Waals surface area contributed by atoms with Gasteiger partial charge in [0.05, 0.1) is 0 Å². The van der Waals surface area contributed by atoms with Gasteiger partial charge in [-0.2, -0.15) is 0 Å². The molecule has 0 aromatic heterocycles. The molecule has 48 heavy (non-hydrogen) atoms. The molecule has 268 valence electrons. The molecule has 0 aliphatic heterocycles. The Hall–Kier alpha value is -3.66. The third-order valence-electron chi connectivity index (χ3n) is 7.05. The molecule has 0 spiro atoms. The average Bonchev–Trinajstić information content (AvgIpc) is 3.07. The van der Waals surface area contributed by atoms with E-state index in [4.69, 9.17) is 10.2 Å². The third kappa shape index (κ3) is 49.2. The van der Waals surface area contributed by atoms with Gasteiger partial charge >= 0.3 is 11.9 Å². The monoisotopic (exact) mass is 661 g/mol. The number of rotatable bonds is 30. The number of carboxylic acid groups (broad SMARTS) is 2. The lowest BCUT2D eigenvalue weighted by Gasteiger charge is -2.00. The first-order valence-corrected chi connectivity index (χ1v) is 18.6. The van der Waals surface area contributed by atoms with E-state index in [1.165, 1.54) is 63.9 Å². The van der Waals surface area contributed by atoms with Crippen LogP contribution in [0.25, 0.3) is 0 Å². The van der Waals surface area contributed by atoms with E-state index in [0.29, 0.717) is 6.42 Å². The Kier molecular flexibility index (Phi) is 41.9. The summed E-state index contributed by atoms with van der Waals surface area (Å²) < 4.78 is 0. The smallest absolute Gasteiger partial charge is 0.328 e. The SMILES string of the molecule is CC/C=C\C/C=C\C/C=C\C/C=C\C/C=C\CCCCCC(=O)O.CCCCCCCCCCCC=CC=CC=CC=CC=CC(=O)O. The normalized spacial score (nSPS) is 12.7. The van der Waals surface area contributed by atoms with Crippen molar-refractivity contribution in [1.82, 2.24) is 0 Å². The molecule has 0 amide bonds. The van der Waals surface area contributed by atoms with Crippen molar-refractivity contribution in [2.24, 2.45) is 0 Å². The van der Waals surface area contributed by atoms with E-state index in [-0.39, 0.29) is 0 Å². The minimum atomic E-state index is -0.930. The fourth-order valence-electron chi connectivity index (χ4n) is 4.35. The van der Waals surface area contributed by atoms with Crippen molar-refractivity contribution < 1.29 is 19.8 Å². The maximum Gasteiger partial charge on any atom is 0.328 e. The summed E-state index contributed by atoms with van der Waals surface area (Å²) in [7, 11) is 0. The molecule has 4 nitrogen and oxygen atoms in total. The summed E-state index contributed by atoms with van der Waals surface area (Å²) in [5, 5.41) is 16.9. The van der Waals surface area contributed by atoms with Crippen molar-refractivity contribution in [1.29, 1.82) is 0 Å². The van der Waals surface area contributed by atoms with Crippen LogP contribution < -0.4 is 0 Å². The van der Waals surface area contributed by atoms with E-state index < -0.39 is 11.9 Å². The topological polar surface area (TPSA) is 74.6 Å². The van der Waals surface area contributed by atoms with Crippen LogP contribution in [0.1, 0.15) is 142 Å². The van der Waals surface area contributed by atoms with Gasteiger partial charge in [0.15, 0.2) is 0 Å². The Morgan fingerprint density at radius 2 is 0.812 bits per heavy atom. The molecule has 0 aromatic carbocycles. The molecule has 0 saturated carbocycles. The molecule has 0 aliphatic rings. The molecule has 0 heterocycles. The summed E-state index contributed by atoms with van der Waals surface area (Å²) in [4.78, 5) is 20.6. The van der Waals surface area contributed by atoms with E-state index >= 15 is 0 Å². The molecule has 0 aromatic rings. The van der Waals surface area contributed by atoms with E-state index in [1.54, 1.807) is 12.2 Å². The standard InChI is InChI=1S/2C22H34O2/c2*1-2-3-4-5-6-7-8-9-10-11-12-13-14-15-16-17-18-19-20-21-22(23)24/h12-21H,2-11H2,1H3,(H,23,24);3-4,6-7,9-10,12-13,15-16H,2,5,8,11,14,17-21H2,1H3,(H,23,24)/b;4-3-,7-6-,10-9-,13-12-,16-15-. The van der Waals surface area contributed by atoms with Crippen LogP contribution >= 0.6 is 0 Å². The van der Waals surface area contributed by atoms with Crippen LogP contribution in [0.5, 0.6) is 0 Å². The van der Waals surface area contributed by atoms with E-state index in [9.17, 15) is 9.59 Å². The third-order valence-corrected chi connectivity index (χ3v) is 7.05. The van der Waals surface area contributed by atoms with E-state index in [1.807, 2.05) is 24.3 Å². The van der Waals surface area contributed by atoms with Crippen LogP contribution in [0.15, 0.2) is 122 Å². The quantitative estimate of drug-likeness (QED) is 0.0348. The van der Waals surface area contributed by atoms with Gasteiger partial charge in [-0.3, -0.25) is 4.79 Å². The lowest BCUT2D eigenvalue weighted by atomic mass is 10.1. The number of hydrogen-bond acceptors (Lipinski definition) is 2. The maximum atomic E-state index is 10.3. The molecule has 0 rings (SSSR count). The van der Waals surface area contributed by atoms with Gasteiger partial charge < -0.3 is 10.2 Å². The highest BCUT2D eigenvalue weighted by molar-refractivity contribution is 5.80. The number of aliphatic carboxylic acids is 2. The summed E-state index contributed by atoms with van der Waals surface area (Å²) >= 11 is 0. The lowest BCUT2D eigenvalue weighted by Crippen LogP contribution is -1.93. The minimum Gasteiger partial charge on any atom is -0.481 e. The molecule has 0 radical (unpaired) electrons. The number of carbonyl (C=O) groups is 2. The van der Waals surface area contributed by atoms with Gasteiger partial charge in [0.2, 0.25) is 0 Å². The fraction of sp³-hybridized carbons (Fsp3) is 0.500. The number of allylic oxidation sites excluding steroid dienone is 19. The highest BCUT2D eigenvalue weighted by Crippen LogP contribution is 2.10. The molecule has 2 N–H and O–H groups in total. The van der Waals surface area contributed by atoms with Crippen LogP contribution in [-0.2, 0) is 9.59 Å². The Morgan fingerprint density at radius 3 is 1.29 bits per heavy atom. The lowest BCUT2D eigenvalue weighted by molar-refractivity contribution is -0.137. The molecule has 0 fully saturated rings. The highest BCUT2D eigenvalue weighted by atomic mass is 16.4. The first-order chi connectivity index (χ1) is 23.5. The second kappa shape index (κ2) is 43.3. The molecule has 0 saturated heterocycles. The predicted octanol–water partition coefficient (Wildman–Crippen LogP) is 13.5. The fourth-order valence-corrected chi connectivity index (χ4v) is 4.35. The zero-order valence-electron chi connectivity index (χ0n) is 30.4. The largest absolute Gasteiger partial charge is 0.481 e. The van der Waals surface area contributed by atoms with Crippen molar-refractivity contribution >= 4 is 11.9 Å². The first-order valence-electron chi connectivity index (χ1n) is 18.6. The Balaban J connectivity index is 0.